The molecule has 1 aliphatic rings. The summed E-state index contributed by atoms with van der Waals surface area (Å²) in [5.74, 6) is -0.0570. The van der Waals surface area contributed by atoms with Gasteiger partial charge < -0.3 is 9.84 Å². The van der Waals surface area contributed by atoms with Crippen LogP contribution in [0.2, 0.25) is 0 Å². The van der Waals surface area contributed by atoms with Crippen molar-refractivity contribution in [2.24, 2.45) is 0 Å². The molecule has 1 aliphatic heterocycles. The number of thioether (sulfide) groups is 1. The van der Waals surface area contributed by atoms with E-state index in [0.29, 0.717) is 14.9 Å². The van der Waals surface area contributed by atoms with Gasteiger partial charge in [-0.2, -0.15) is 0 Å². The molecule has 3 rings (SSSR count). The fourth-order valence-electron chi connectivity index (χ4n) is 2.38. The van der Waals surface area contributed by atoms with Crippen LogP contribution in [0.25, 0.3) is 6.08 Å². The van der Waals surface area contributed by atoms with E-state index in [2.05, 4.69) is 38.5 Å². The fraction of sp³-hybridized carbons (Fsp3) is 0.111. The zero-order valence-electron chi connectivity index (χ0n) is 13.5. The molecule has 134 valence electrons. The van der Waals surface area contributed by atoms with E-state index in [1.165, 1.54) is 18.1 Å². The number of hydrogen-bond donors (Lipinski definition) is 1. The second kappa shape index (κ2) is 8.01. The number of rotatable bonds is 4. The number of benzene rings is 2. The summed E-state index contributed by atoms with van der Waals surface area (Å²) < 4.78 is 6.78. The summed E-state index contributed by atoms with van der Waals surface area (Å²) in [6.07, 6.45) is 1.62. The molecule has 1 fully saturated rings. The van der Waals surface area contributed by atoms with Gasteiger partial charge in [0.05, 0.1) is 18.6 Å². The largest absolute Gasteiger partial charge is 0.504 e. The fourth-order valence-corrected chi connectivity index (χ4v) is 4.02. The average molecular weight is 546 g/mol. The van der Waals surface area contributed by atoms with Gasteiger partial charge in [-0.15, -0.1) is 0 Å². The Kier molecular flexibility index (Phi) is 5.93. The highest BCUT2D eigenvalue weighted by atomic mass is 127. The maximum Gasteiger partial charge on any atom is 0.293 e. The van der Waals surface area contributed by atoms with Gasteiger partial charge in [-0.05, 0) is 75.8 Å². The maximum absolute atomic E-state index is 12.6. The van der Waals surface area contributed by atoms with Crippen LogP contribution in [0.3, 0.4) is 0 Å². The lowest BCUT2D eigenvalue weighted by Gasteiger charge is -2.12. The minimum absolute atomic E-state index is 0.0108. The molecule has 0 radical (unpaired) electrons. The van der Waals surface area contributed by atoms with Crippen molar-refractivity contribution in [3.63, 3.8) is 0 Å². The first-order chi connectivity index (χ1) is 12.4. The molecule has 0 bridgehead atoms. The number of phenols is 1. The molecule has 1 saturated heterocycles. The van der Waals surface area contributed by atoms with E-state index in [9.17, 15) is 14.7 Å². The summed E-state index contributed by atoms with van der Waals surface area (Å²) in [7, 11) is 1.45. The van der Waals surface area contributed by atoms with Gasteiger partial charge in [-0.3, -0.25) is 14.5 Å². The van der Waals surface area contributed by atoms with Gasteiger partial charge in [0.2, 0.25) is 0 Å². The minimum Gasteiger partial charge on any atom is -0.504 e. The van der Waals surface area contributed by atoms with E-state index in [1.807, 2.05) is 24.3 Å². The number of methoxy groups -OCH3 is 1. The van der Waals surface area contributed by atoms with Crippen molar-refractivity contribution in [1.82, 2.24) is 4.90 Å². The molecule has 2 amide bonds. The molecule has 0 spiro atoms. The predicted molar refractivity (Wildman–Crippen MR) is 113 cm³/mol. The van der Waals surface area contributed by atoms with E-state index in [1.54, 1.807) is 12.1 Å². The first-order valence-electron chi connectivity index (χ1n) is 7.45. The van der Waals surface area contributed by atoms with Crippen molar-refractivity contribution in [3.05, 3.63) is 60.5 Å². The highest BCUT2D eigenvalue weighted by Crippen LogP contribution is 2.37. The summed E-state index contributed by atoms with van der Waals surface area (Å²) >= 11 is 6.45. The topological polar surface area (TPSA) is 66.8 Å². The highest BCUT2D eigenvalue weighted by molar-refractivity contribution is 14.1. The summed E-state index contributed by atoms with van der Waals surface area (Å²) in [5, 5.41) is 9.48. The van der Waals surface area contributed by atoms with Crippen LogP contribution in [-0.4, -0.2) is 28.3 Å². The Labute approximate surface area is 176 Å². The maximum atomic E-state index is 12.6. The van der Waals surface area contributed by atoms with Crippen LogP contribution in [-0.2, 0) is 11.3 Å². The number of halogens is 2. The number of aromatic hydroxyl groups is 1. The SMILES string of the molecule is COc1cc(/C=C2\SC(=O)N(Cc3ccc(I)cc3)C2=O)c(Br)cc1O. The average Bonchev–Trinajstić information content (AvgIpc) is 2.86. The van der Waals surface area contributed by atoms with Crippen LogP contribution in [0.15, 0.2) is 45.8 Å². The number of nitrogens with zero attached hydrogens (tertiary/aromatic N) is 1. The molecule has 26 heavy (non-hydrogen) atoms. The molecule has 0 aliphatic carbocycles. The Morgan fingerprint density at radius 2 is 1.96 bits per heavy atom. The van der Waals surface area contributed by atoms with Gasteiger partial charge >= 0.3 is 0 Å². The number of imide groups is 1. The Morgan fingerprint density at radius 1 is 1.27 bits per heavy atom. The smallest absolute Gasteiger partial charge is 0.293 e. The summed E-state index contributed by atoms with van der Waals surface area (Å²) in [5.41, 5.74) is 1.53. The predicted octanol–water partition coefficient (Wildman–Crippen LogP) is 5.00. The van der Waals surface area contributed by atoms with E-state index in [0.717, 1.165) is 20.9 Å². The molecule has 2 aromatic rings. The first kappa shape index (κ1) is 19.2. The Hall–Kier alpha value is -1.52. The summed E-state index contributed by atoms with van der Waals surface area (Å²) in [4.78, 5) is 26.5. The normalized spacial score (nSPS) is 15.8. The molecule has 2 aromatic carbocycles. The molecular formula is C18H13BrINO4S. The molecule has 0 saturated carbocycles. The van der Waals surface area contributed by atoms with Crippen LogP contribution in [0.1, 0.15) is 11.1 Å². The van der Waals surface area contributed by atoms with Gasteiger partial charge in [-0.25, -0.2) is 0 Å². The van der Waals surface area contributed by atoms with E-state index >= 15 is 0 Å². The third-order valence-electron chi connectivity index (χ3n) is 3.71. The lowest BCUT2D eigenvalue weighted by atomic mass is 10.1. The standard InChI is InChI=1S/C18H13BrINO4S/c1-25-15-6-11(13(19)8-14(15)22)7-16-17(23)21(18(24)26-16)9-10-2-4-12(20)5-3-10/h2-8,22H,9H2,1H3/b16-7-. The zero-order chi connectivity index (χ0) is 18.8. The van der Waals surface area contributed by atoms with Crippen LogP contribution in [0.5, 0.6) is 11.5 Å². The molecule has 1 N–H and O–H groups in total. The number of carbonyl (C=O) groups is 2. The lowest BCUT2D eigenvalue weighted by molar-refractivity contribution is -0.123. The molecule has 1 heterocycles. The third-order valence-corrected chi connectivity index (χ3v) is 6.03. The van der Waals surface area contributed by atoms with Gasteiger partial charge in [-0.1, -0.05) is 28.1 Å². The number of ether oxygens (including phenoxy) is 1. The molecule has 8 heteroatoms. The van der Waals surface area contributed by atoms with Gasteiger partial charge in [0.15, 0.2) is 11.5 Å². The zero-order valence-corrected chi connectivity index (χ0v) is 18.1. The van der Waals surface area contributed by atoms with Crippen molar-refractivity contribution in [2.45, 2.75) is 6.54 Å². The molecule has 0 aromatic heterocycles. The van der Waals surface area contributed by atoms with Crippen molar-refractivity contribution in [3.8, 4) is 11.5 Å². The highest BCUT2D eigenvalue weighted by Gasteiger charge is 2.35. The van der Waals surface area contributed by atoms with Crippen molar-refractivity contribution >= 4 is 67.5 Å². The summed E-state index contributed by atoms with van der Waals surface area (Å²) in [6, 6.07) is 10.8. The molecule has 0 unspecified atom stereocenters. The lowest BCUT2D eigenvalue weighted by Crippen LogP contribution is -2.27. The first-order valence-corrected chi connectivity index (χ1v) is 10.1. The monoisotopic (exact) mass is 545 g/mol. The number of hydrogen-bond acceptors (Lipinski definition) is 5. The van der Waals surface area contributed by atoms with Crippen molar-refractivity contribution < 1.29 is 19.4 Å². The van der Waals surface area contributed by atoms with Crippen molar-refractivity contribution in [2.75, 3.05) is 7.11 Å². The summed E-state index contributed by atoms with van der Waals surface area (Å²) in [6.45, 7) is 0.235. The van der Waals surface area contributed by atoms with E-state index < -0.39 is 0 Å². The van der Waals surface area contributed by atoms with Crippen LogP contribution in [0, 0.1) is 3.57 Å². The third kappa shape index (κ3) is 4.07. The van der Waals surface area contributed by atoms with Crippen LogP contribution < -0.4 is 4.74 Å². The number of amides is 2. The number of carbonyl (C=O) groups excluding carboxylic acids is 2. The molecular weight excluding hydrogens is 533 g/mol. The van der Waals surface area contributed by atoms with Crippen molar-refractivity contribution in [1.29, 1.82) is 0 Å². The second-order valence-electron chi connectivity index (χ2n) is 5.44. The van der Waals surface area contributed by atoms with Gasteiger partial charge in [0.25, 0.3) is 11.1 Å². The molecule has 0 atom stereocenters. The Morgan fingerprint density at radius 3 is 2.62 bits per heavy atom. The van der Waals surface area contributed by atoms with Gasteiger partial charge in [0, 0.05) is 8.04 Å². The Bertz CT molecular complexity index is 914. The number of phenolic OH excluding ortho intramolecular Hbond substituents is 1. The van der Waals surface area contributed by atoms with Crippen LogP contribution in [0.4, 0.5) is 4.79 Å². The van der Waals surface area contributed by atoms with E-state index in [-0.39, 0.29) is 29.2 Å². The molecule has 5 nitrogen and oxygen atoms in total. The second-order valence-corrected chi connectivity index (χ2v) is 8.53. The van der Waals surface area contributed by atoms with Gasteiger partial charge in [0.1, 0.15) is 0 Å². The quantitative estimate of drug-likeness (QED) is 0.432. The van der Waals surface area contributed by atoms with E-state index in [4.69, 9.17) is 4.74 Å². The Balaban J connectivity index is 1.86. The van der Waals surface area contributed by atoms with Crippen LogP contribution >= 0.6 is 50.3 Å². The minimum atomic E-state index is -0.336.